The number of nitrogens with zero attached hydrogens (tertiary/aromatic N) is 1. The molecule has 0 aliphatic carbocycles. The van der Waals surface area contributed by atoms with E-state index < -0.39 is 52.4 Å². The van der Waals surface area contributed by atoms with Gasteiger partial charge in [0.1, 0.15) is 23.9 Å². The van der Waals surface area contributed by atoms with Crippen molar-refractivity contribution in [3.05, 3.63) is 0 Å². The third-order valence-electron chi connectivity index (χ3n) is 3.52. The highest BCUT2D eigenvalue weighted by molar-refractivity contribution is 8.01. The van der Waals surface area contributed by atoms with Crippen LogP contribution in [0.2, 0.25) is 0 Å². The molecule has 2 rings (SSSR count). The fraction of sp³-hybridized carbons (Fsp3) is 0.667. The molecule has 0 aromatic heterocycles. The molecule has 0 aromatic carbocycles. The molecular weight excluding hydrogens is 300 g/mol. The highest BCUT2D eigenvalue weighted by atomic mass is 32.2. The predicted octanol–water partition coefficient (Wildman–Crippen LogP) is -0.819. The minimum Gasteiger partial charge on any atom is -0.480 e. The first-order valence-corrected chi connectivity index (χ1v) is 7.16. The normalized spacial score (nSPS) is 29.4. The summed E-state index contributed by atoms with van der Waals surface area (Å²) in [5.74, 6) is -2.82. The largest absolute Gasteiger partial charge is 0.480 e. The average molecular weight is 316 g/mol. The van der Waals surface area contributed by atoms with E-state index in [1.165, 1.54) is 23.8 Å². The SMILES string of the molecule is COC(=O)CC(=O)NC1C(=O)N2C1SC(C)(C)C2C(=O)O. The van der Waals surface area contributed by atoms with Crippen LogP contribution in [0, 0.1) is 0 Å². The molecule has 2 heterocycles. The maximum atomic E-state index is 12.1. The summed E-state index contributed by atoms with van der Waals surface area (Å²) < 4.78 is 3.73. The first-order chi connectivity index (χ1) is 9.69. The maximum absolute atomic E-state index is 12.1. The minimum atomic E-state index is -1.07. The Kier molecular flexibility index (Phi) is 3.87. The highest BCUT2D eigenvalue weighted by Crippen LogP contribution is 2.50. The molecule has 0 spiro atoms. The minimum absolute atomic E-state index is 0.421. The second-order valence-electron chi connectivity index (χ2n) is 5.40. The van der Waals surface area contributed by atoms with Crippen molar-refractivity contribution in [3.63, 3.8) is 0 Å². The number of carboxylic acid groups (broad SMARTS) is 1. The lowest BCUT2D eigenvalue weighted by Crippen LogP contribution is -2.70. The van der Waals surface area contributed by atoms with Gasteiger partial charge in [-0.3, -0.25) is 14.4 Å². The lowest BCUT2D eigenvalue weighted by Gasteiger charge is -2.43. The molecule has 2 amide bonds. The lowest BCUT2D eigenvalue weighted by molar-refractivity contribution is -0.161. The van der Waals surface area contributed by atoms with Gasteiger partial charge in [-0.1, -0.05) is 0 Å². The van der Waals surface area contributed by atoms with Gasteiger partial charge in [0.25, 0.3) is 0 Å². The van der Waals surface area contributed by atoms with Crippen LogP contribution in [-0.2, 0) is 23.9 Å². The summed E-state index contributed by atoms with van der Waals surface area (Å²) in [4.78, 5) is 47.3. The predicted molar refractivity (Wildman–Crippen MR) is 72.3 cm³/mol. The molecule has 2 aliphatic heterocycles. The molecular formula is C12H16N2O6S. The molecule has 0 radical (unpaired) electrons. The van der Waals surface area contributed by atoms with Gasteiger partial charge in [0, 0.05) is 4.75 Å². The second-order valence-corrected chi connectivity index (χ2v) is 7.17. The summed E-state index contributed by atoms with van der Waals surface area (Å²) >= 11 is 1.33. The first-order valence-electron chi connectivity index (χ1n) is 6.28. The van der Waals surface area contributed by atoms with E-state index in [9.17, 15) is 24.3 Å². The Bertz CT molecular complexity index is 520. The van der Waals surface area contributed by atoms with Crippen LogP contribution >= 0.6 is 11.8 Å². The van der Waals surface area contributed by atoms with E-state index in [0.717, 1.165) is 0 Å². The number of nitrogens with one attached hydrogen (secondary N) is 1. The van der Waals surface area contributed by atoms with Crippen molar-refractivity contribution in [3.8, 4) is 0 Å². The number of β-lactam (4-membered cyclic amide) rings is 1. The van der Waals surface area contributed by atoms with Gasteiger partial charge in [-0.15, -0.1) is 11.8 Å². The Morgan fingerprint density at radius 3 is 2.57 bits per heavy atom. The van der Waals surface area contributed by atoms with Crippen LogP contribution in [0.3, 0.4) is 0 Å². The highest BCUT2D eigenvalue weighted by Gasteiger charge is 2.64. The van der Waals surface area contributed by atoms with Gasteiger partial charge in [-0.25, -0.2) is 4.79 Å². The topological polar surface area (TPSA) is 113 Å². The van der Waals surface area contributed by atoms with Crippen molar-refractivity contribution in [2.75, 3.05) is 7.11 Å². The van der Waals surface area contributed by atoms with Gasteiger partial charge in [0.05, 0.1) is 7.11 Å². The molecule has 0 aromatic rings. The molecule has 3 unspecified atom stereocenters. The number of amides is 2. The van der Waals surface area contributed by atoms with Crippen molar-refractivity contribution >= 4 is 35.5 Å². The van der Waals surface area contributed by atoms with E-state index in [2.05, 4.69) is 10.1 Å². The number of thioether (sulfide) groups is 1. The fourth-order valence-electron chi connectivity index (χ4n) is 2.57. The van der Waals surface area contributed by atoms with E-state index in [1.54, 1.807) is 13.8 Å². The van der Waals surface area contributed by atoms with Crippen LogP contribution < -0.4 is 5.32 Å². The van der Waals surface area contributed by atoms with Gasteiger partial charge >= 0.3 is 11.9 Å². The Morgan fingerprint density at radius 2 is 2.05 bits per heavy atom. The molecule has 2 fully saturated rings. The van der Waals surface area contributed by atoms with E-state index in [1.807, 2.05) is 0 Å². The van der Waals surface area contributed by atoms with Crippen molar-refractivity contribution < 1.29 is 29.0 Å². The van der Waals surface area contributed by atoms with Crippen molar-refractivity contribution in [1.82, 2.24) is 10.2 Å². The quantitative estimate of drug-likeness (QED) is 0.396. The van der Waals surface area contributed by atoms with Gasteiger partial charge < -0.3 is 20.1 Å². The van der Waals surface area contributed by atoms with Crippen LogP contribution in [-0.4, -0.2) is 63.1 Å². The second kappa shape index (κ2) is 5.21. The average Bonchev–Trinajstić information content (AvgIpc) is 2.64. The number of rotatable bonds is 4. The number of esters is 1. The number of carbonyl (C=O) groups is 4. The van der Waals surface area contributed by atoms with Gasteiger partial charge in [0.15, 0.2) is 0 Å². The Morgan fingerprint density at radius 1 is 1.43 bits per heavy atom. The number of methoxy groups -OCH3 is 1. The Balaban J connectivity index is 2.05. The molecule has 2 saturated heterocycles. The summed E-state index contributed by atoms with van der Waals surface area (Å²) in [6.45, 7) is 3.49. The maximum Gasteiger partial charge on any atom is 0.327 e. The smallest absolute Gasteiger partial charge is 0.327 e. The number of hydrogen-bond acceptors (Lipinski definition) is 6. The Hall–Kier alpha value is -1.77. The third kappa shape index (κ3) is 2.57. The molecule has 116 valence electrons. The number of aliphatic carboxylic acids is 1. The van der Waals surface area contributed by atoms with Crippen molar-refractivity contribution in [2.45, 2.75) is 42.5 Å². The number of fused-ring (bicyclic) bond motifs is 1. The number of hydrogen-bond donors (Lipinski definition) is 2. The van der Waals surface area contributed by atoms with E-state index >= 15 is 0 Å². The summed E-state index contributed by atoms with van der Waals surface area (Å²) in [7, 11) is 1.17. The van der Waals surface area contributed by atoms with Crippen LogP contribution in [0.25, 0.3) is 0 Å². The van der Waals surface area contributed by atoms with Crippen LogP contribution in [0.5, 0.6) is 0 Å². The monoisotopic (exact) mass is 316 g/mol. The number of ether oxygens (including phenoxy) is 1. The van der Waals surface area contributed by atoms with Crippen molar-refractivity contribution in [1.29, 1.82) is 0 Å². The zero-order chi connectivity index (χ0) is 15.9. The molecule has 2 N–H and O–H groups in total. The third-order valence-corrected chi connectivity index (χ3v) is 5.10. The van der Waals surface area contributed by atoms with Gasteiger partial charge in [-0.05, 0) is 13.8 Å². The zero-order valence-corrected chi connectivity index (χ0v) is 12.6. The van der Waals surface area contributed by atoms with E-state index in [4.69, 9.17) is 0 Å². The first kappa shape index (κ1) is 15.6. The van der Waals surface area contributed by atoms with Gasteiger partial charge in [-0.2, -0.15) is 0 Å². The molecule has 2 aliphatic rings. The molecule has 8 nitrogen and oxygen atoms in total. The van der Waals surface area contributed by atoms with E-state index in [-0.39, 0.29) is 0 Å². The molecule has 3 atom stereocenters. The lowest BCUT2D eigenvalue weighted by atomic mass is 9.96. The molecule has 9 heteroatoms. The molecule has 0 saturated carbocycles. The van der Waals surface area contributed by atoms with E-state index in [0.29, 0.717) is 0 Å². The summed E-state index contributed by atoms with van der Waals surface area (Å²) in [5.41, 5.74) is 0. The van der Waals surface area contributed by atoms with Crippen molar-refractivity contribution in [2.24, 2.45) is 0 Å². The number of carboxylic acids is 1. The standard InChI is InChI=1S/C12H16N2O6S/c1-12(2)8(11(18)19)14-9(17)7(10(14)21-12)13-5(15)4-6(16)20-3/h7-8,10H,4H2,1-3H3,(H,13,15)(H,18,19). The van der Waals surface area contributed by atoms with Crippen LogP contribution in [0.1, 0.15) is 20.3 Å². The summed E-state index contributed by atoms with van der Waals surface area (Å²) in [6.07, 6.45) is -0.469. The Labute approximate surface area is 125 Å². The molecule has 0 bridgehead atoms. The fourth-order valence-corrected chi connectivity index (χ4v) is 4.20. The van der Waals surface area contributed by atoms with Crippen LogP contribution in [0.15, 0.2) is 0 Å². The van der Waals surface area contributed by atoms with Gasteiger partial charge in [0.2, 0.25) is 11.8 Å². The summed E-state index contributed by atoms with van der Waals surface area (Å²) in [6, 6.07) is -1.72. The number of carbonyl (C=O) groups excluding carboxylic acids is 3. The molecule has 21 heavy (non-hydrogen) atoms. The van der Waals surface area contributed by atoms with Crippen LogP contribution in [0.4, 0.5) is 0 Å². The summed E-state index contributed by atoms with van der Waals surface area (Å²) in [5, 5.41) is 11.3. The zero-order valence-electron chi connectivity index (χ0n) is 11.8.